The zero-order valence-corrected chi connectivity index (χ0v) is 16.4. The average molecular weight is 398 g/mol. The van der Waals surface area contributed by atoms with E-state index in [2.05, 4.69) is 5.32 Å². The van der Waals surface area contributed by atoms with E-state index in [1.165, 1.54) is 0 Å². The van der Waals surface area contributed by atoms with Crippen LogP contribution in [0.15, 0.2) is 30.3 Å². The molecule has 0 aliphatic carbocycles. The molecule has 0 radical (unpaired) electrons. The Hall–Kier alpha value is -2.90. The molecule has 3 aliphatic rings. The van der Waals surface area contributed by atoms with E-state index in [4.69, 9.17) is 0 Å². The predicted octanol–water partition coefficient (Wildman–Crippen LogP) is 0.970. The van der Waals surface area contributed by atoms with E-state index in [1.54, 1.807) is 4.90 Å². The quantitative estimate of drug-likeness (QED) is 0.766. The molecule has 3 aliphatic heterocycles. The highest BCUT2D eigenvalue weighted by Crippen LogP contribution is 2.40. The van der Waals surface area contributed by atoms with Crippen molar-refractivity contribution < 1.29 is 19.2 Å². The van der Waals surface area contributed by atoms with Crippen LogP contribution in [0.25, 0.3) is 0 Å². The Morgan fingerprint density at radius 1 is 1.00 bits per heavy atom. The van der Waals surface area contributed by atoms with Crippen LogP contribution in [0.5, 0.6) is 0 Å². The molecular weight excluding hydrogens is 372 g/mol. The fourth-order valence-electron chi connectivity index (χ4n) is 4.54. The van der Waals surface area contributed by atoms with E-state index < -0.39 is 6.03 Å². The van der Waals surface area contributed by atoms with Crippen LogP contribution in [0.2, 0.25) is 0 Å². The number of nitrogens with one attached hydrogen (secondary N) is 1. The normalized spacial score (nSPS) is 21.7. The van der Waals surface area contributed by atoms with E-state index in [1.807, 2.05) is 35.2 Å². The van der Waals surface area contributed by atoms with Crippen molar-refractivity contribution in [1.29, 1.82) is 0 Å². The summed E-state index contributed by atoms with van der Waals surface area (Å²) in [5, 5.41) is 2.43. The van der Waals surface area contributed by atoms with Gasteiger partial charge >= 0.3 is 6.03 Å². The number of amides is 5. The van der Waals surface area contributed by atoms with Gasteiger partial charge in [0.1, 0.15) is 6.54 Å². The standard InChI is InChI=1S/C21H26N4O4/c26-17-6-7-21(15-24(17)13-16-4-2-1-3-5-16)8-10-23(11-9-21)19(28)14-25-18(27)12-22-20(25)29/h1-5H,6-15H2,(H,22,29). The number of imide groups is 1. The fraction of sp³-hybridized carbons (Fsp3) is 0.524. The molecule has 154 valence electrons. The lowest BCUT2D eigenvalue weighted by molar-refractivity contribution is -0.144. The van der Waals surface area contributed by atoms with Crippen LogP contribution in [0.1, 0.15) is 31.2 Å². The van der Waals surface area contributed by atoms with Crippen molar-refractivity contribution in [2.45, 2.75) is 32.2 Å². The molecule has 1 spiro atoms. The van der Waals surface area contributed by atoms with Gasteiger partial charge in [-0.15, -0.1) is 0 Å². The van der Waals surface area contributed by atoms with Crippen LogP contribution >= 0.6 is 0 Å². The van der Waals surface area contributed by atoms with Gasteiger partial charge in [0, 0.05) is 32.6 Å². The zero-order valence-electron chi connectivity index (χ0n) is 16.4. The first-order valence-electron chi connectivity index (χ1n) is 10.1. The highest BCUT2D eigenvalue weighted by molar-refractivity contribution is 6.04. The summed E-state index contributed by atoms with van der Waals surface area (Å²) in [5.41, 5.74) is 1.17. The van der Waals surface area contributed by atoms with Crippen LogP contribution in [0, 0.1) is 5.41 Å². The van der Waals surface area contributed by atoms with Gasteiger partial charge < -0.3 is 15.1 Å². The van der Waals surface area contributed by atoms with Crippen molar-refractivity contribution in [2.24, 2.45) is 5.41 Å². The molecule has 1 aromatic carbocycles. The highest BCUT2D eigenvalue weighted by Gasteiger charge is 2.42. The summed E-state index contributed by atoms with van der Waals surface area (Å²) >= 11 is 0. The van der Waals surface area contributed by atoms with E-state index in [-0.39, 0.29) is 36.2 Å². The third kappa shape index (κ3) is 4.11. The monoisotopic (exact) mass is 398 g/mol. The van der Waals surface area contributed by atoms with Gasteiger partial charge in [0.15, 0.2) is 0 Å². The largest absolute Gasteiger partial charge is 0.341 e. The minimum atomic E-state index is -0.501. The molecular formula is C21H26N4O4. The summed E-state index contributed by atoms with van der Waals surface area (Å²) in [6, 6.07) is 9.50. The number of hydrogen-bond donors (Lipinski definition) is 1. The summed E-state index contributed by atoms with van der Waals surface area (Å²) < 4.78 is 0. The maximum absolute atomic E-state index is 12.6. The van der Waals surface area contributed by atoms with Gasteiger partial charge in [0.25, 0.3) is 5.91 Å². The first kappa shape index (κ1) is 19.4. The lowest BCUT2D eigenvalue weighted by Gasteiger charge is -2.47. The lowest BCUT2D eigenvalue weighted by Crippen LogP contribution is -2.53. The van der Waals surface area contributed by atoms with Gasteiger partial charge in [-0.1, -0.05) is 30.3 Å². The van der Waals surface area contributed by atoms with Crippen LogP contribution in [-0.4, -0.2) is 71.2 Å². The Morgan fingerprint density at radius 2 is 1.72 bits per heavy atom. The maximum Gasteiger partial charge on any atom is 0.325 e. The number of carbonyl (C=O) groups excluding carboxylic acids is 4. The lowest BCUT2D eigenvalue weighted by atomic mass is 9.72. The van der Waals surface area contributed by atoms with Gasteiger partial charge in [-0.2, -0.15) is 0 Å². The SMILES string of the molecule is O=C(CN1C(=O)CNC1=O)N1CCC2(CCC(=O)N(Cc3ccccc3)C2)CC1. The van der Waals surface area contributed by atoms with E-state index in [0.717, 1.165) is 36.3 Å². The van der Waals surface area contributed by atoms with Crippen LogP contribution in [0.3, 0.4) is 0 Å². The molecule has 8 heteroatoms. The molecule has 0 bridgehead atoms. The van der Waals surface area contributed by atoms with Crippen molar-refractivity contribution in [3.05, 3.63) is 35.9 Å². The number of nitrogens with zero attached hydrogens (tertiary/aromatic N) is 3. The smallest absolute Gasteiger partial charge is 0.325 e. The number of carbonyl (C=O) groups is 4. The number of rotatable bonds is 4. The number of urea groups is 1. The van der Waals surface area contributed by atoms with Gasteiger partial charge in [-0.3, -0.25) is 19.3 Å². The van der Waals surface area contributed by atoms with Gasteiger partial charge in [0.2, 0.25) is 11.8 Å². The minimum Gasteiger partial charge on any atom is -0.341 e. The molecule has 1 N–H and O–H groups in total. The summed E-state index contributed by atoms with van der Waals surface area (Å²) in [4.78, 5) is 53.0. The average Bonchev–Trinajstić information content (AvgIpc) is 3.04. The Balaban J connectivity index is 1.34. The van der Waals surface area contributed by atoms with Gasteiger partial charge in [0.05, 0.1) is 6.54 Å². The molecule has 3 saturated heterocycles. The van der Waals surface area contributed by atoms with E-state index in [0.29, 0.717) is 26.1 Å². The summed E-state index contributed by atoms with van der Waals surface area (Å²) in [6.07, 6.45) is 3.06. The molecule has 3 fully saturated rings. The van der Waals surface area contributed by atoms with Crippen molar-refractivity contribution in [1.82, 2.24) is 20.0 Å². The molecule has 0 aromatic heterocycles. The number of hydrogen-bond acceptors (Lipinski definition) is 4. The third-order valence-corrected chi connectivity index (χ3v) is 6.37. The van der Waals surface area contributed by atoms with Gasteiger partial charge in [-0.05, 0) is 30.2 Å². The zero-order chi connectivity index (χ0) is 20.4. The van der Waals surface area contributed by atoms with Crippen molar-refractivity contribution in [2.75, 3.05) is 32.7 Å². The van der Waals surface area contributed by atoms with Crippen molar-refractivity contribution in [3.63, 3.8) is 0 Å². The second-order valence-electron chi connectivity index (χ2n) is 8.25. The van der Waals surface area contributed by atoms with Crippen molar-refractivity contribution >= 4 is 23.8 Å². The minimum absolute atomic E-state index is 0.0412. The Labute approximate surface area is 169 Å². The Bertz CT molecular complexity index is 801. The Kier molecular flexibility index (Phi) is 5.25. The molecule has 5 amide bonds. The Morgan fingerprint density at radius 3 is 2.38 bits per heavy atom. The molecule has 8 nitrogen and oxygen atoms in total. The summed E-state index contributed by atoms with van der Waals surface area (Å²) in [7, 11) is 0. The second-order valence-corrected chi connectivity index (χ2v) is 8.25. The summed E-state index contributed by atoms with van der Waals surface area (Å²) in [6.45, 7) is 2.29. The highest BCUT2D eigenvalue weighted by atomic mass is 16.2. The molecule has 4 rings (SSSR count). The molecule has 3 heterocycles. The van der Waals surface area contributed by atoms with E-state index >= 15 is 0 Å². The van der Waals surface area contributed by atoms with Crippen LogP contribution < -0.4 is 5.32 Å². The van der Waals surface area contributed by atoms with Gasteiger partial charge in [-0.25, -0.2) is 4.79 Å². The first-order chi connectivity index (χ1) is 14.0. The topological polar surface area (TPSA) is 90.0 Å². The number of piperidine rings is 2. The molecule has 29 heavy (non-hydrogen) atoms. The molecule has 0 atom stereocenters. The first-order valence-corrected chi connectivity index (χ1v) is 10.1. The molecule has 1 aromatic rings. The number of likely N-dealkylation sites (tertiary alicyclic amines) is 2. The molecule has 0 unspecified atom stereocenters. The fourth-order valence-corrected chi connectivity index (χ4v) is 4.54. The van der Waals surface area contributed by atoms with Crippen LogP contribution in [0.4, 0.5) is 4.79 Å². The summed E-state index contributed by atoms with van der Waals surface area (Å²) in [5.74, 6) is -0.367. The van der Waals surface area contributed by atoms with Crippen LogP contribution in [-0.2, 0) is 20.9 Å². The second kappa shape index (κ2) is 7.85. The van der Waals surface area contributed by atoms with Crippen molar-refractivity contribution in [3.8, 4) is 0 Å². The van der Waals surface area contributed by atoms with E-state index in [9.17, 15) is 19.2 Å². The number of benzene rings is 1. The predicted molar refractivity (Wildman–Crippen MR) is 104 cm³/mol. The third-order valence-electron chi connectivity index (χ3n) is 6.37. The maximum atomic E-state index is 12.6. The molecule has 0 saturated carbocycles.